The maximum absolute atomic E-state index is 14.4. The number of esters is 2. The number of hydrogen-bond donors (Lipinski definition) is 0. The number of carbonyl (C=O) groups is 2. The molecule has 0 spiro atoms. The average Bonchev–Trinajstić information content (AvgIpc) is 3.57. The second-order valence-electron chi connectivity index (χ2n) is 11.1. The third kappa shape index (κ3) is 6.02. The van der Waals surface area contributed by atoms with Crippen molar-refractivity contribution in [1.82, 2.24) is 9.13 Å². The van der Waals surface area contributed by atoms with Gasteiger partial charge < -0.3 is 18.8 Å². The van der Waals surface area contributed by atoms with Crippen LogP contribution in [-0.4, -0.2) is 41.4 Å². The smallest absolute Gasteiger partial charge is 0.338 e. The van der Waals surface area contributed by atoms with Crippen molar-refractivity contribution in [1.29, 1.82) is 0 Å². The minimum absolute atomic E-state index is 0.167. The van der Waals surface area contributed by atoms with Crippen LogP contribution in [0.1, 0.15) is 58.3 Å². The molecule has 6 rings (SSSR count). The number of methoxy groups -OCH3 is 1. The number of aryl methyl sites for hydroxylation is 1. The van der Waals surface area contributed by atoms with Crippen LogP contribution < -0.4 is 19.6 Å². The molecule has 9 nitrogen and oxygen atoms in total. The second kappa shape index (κ2) is 13.7. The molecule has 48 heavy (non-hydrogen) atoms. The topological polar surface area (TPSA) is 101 Å². The van der Waals surface area contributed by atoms with Gasteiger partial charge in [-0.2, -0.15) is 0 Å². The molecule has 2 aromatic heterocycles. The van der Waals surface area contributed by atoms with Gasteiger partial charge in [-0.25, -0.2) is 14.6 Å². The standard InChI is InChI=1S/C38H35N3O6S/c1-6-46-36(43)26-16-18-29(19-17-26)40-23(3)20-28(24(40)4)22-31-35(42)41-34(27-14-11-15-30(21-27)45-5)32(37(44)47-7-2)33(39-38(41)48-31)25-12-9-8-10-13-25/h8-22,34H,6-7H2,1-5H3/b31-22-/t34-/m0/s1. The lowest BCUT2D eigenvalue weighted by atomic mass is 9.93. The van der Waals surface area contributed by atoms with Gasteiger partial charge in [0.2, 0.25) is 0 Å². The molecule has 5 aromatic rings. The fourth-order valence-electron chi connectivity index (χ4n) is 6.00. The van der Waals surface area contributed by atoms with Crippen LogP contribution >= 0.6 is 11.3 Å². The molecule has 0 saturated carbocycles. The Labute approximate surface area is 281 Å². The van der Waals surface area contributed by atoms with Gasteiger partial charge in [0.05, 0.1) is 47.7 Å². The molecule has 3 heterocycles. The highest BCUT2D eigenvalue weighted by Gasteiger charge is 2.35. The second-order valence-corrected chi connectivity index (χ2v) is 12.1. The summed E-state index contributed by atoms with van der Waals surface area (Å²) in [6.45, 7) is 7.98. The van der Waals surface area contributed by atoms with Gasteiger partial charge in [0.1, 0.15) is 5.75 Å². The number of rotatable bonds is 9. The van der Waals surface area contributed by atoms with Crippen molar-refractivity contribution in [3.05, 3.63) is 144 Å². The summed E-state index contributed by atoms with van der Waals surface area (Å²) >= 11 is 1.27. The summed E-state index contributed by atoms with van der Waals surface area (Å²) in [5.41, 5.74) is 5.99. The summed E-state index contributed by atoms with van der Waals surface area (Å²) in [5, 5.41) is 0. The molecule has 0 aliphatic carbocycles. The van der Waals surface area contributed by atoms with Gasteiger partial charge in [0, 0.05) is 22.6 Å². The number of aromatic nitrogens is 2. The highest BCUT2D eigenvalue weighted by Crippen LogP contribution is 2.36. The Bertz CT molecular complexity index is 2230. The maximum Gasteiger partial charge on any atom is 0.338 e. The van der Waals surface area contributed by atoms with Crippen LogP contribution in [0.3, 0.4) is 0 Å². The van der Waals surface area contributed by atoms with E-state index in [1.807, 2.05) is 92.7 Å². The lowest BCUT2D eigenvalue weighted by molar-refractivity contribution is -0.138. The van der Waals surface area contributed by atoms with E-state index in [9.17, 15) is 14.4 Å². The number of carbonyl (C=O) groups excluding carboxylic acids is 2. The maximum atomic E-state index is 14.4. The molecule has 3 aromatic carbocycles. The molecule has 0 unspecified atom stereocenters. The lowest BCUT2D eigenvalue weighted by Gasteiger charge is -2.26. The summed E-state index contributed by atoms with van der Waals surface area (Å²) in [6.07, 6.45) is 1.87. The van der Waals surface area contributed by atoms with Crippen LogP contribution in [-0.2, 0) is 14.3 Å². The molecule has 244 valence electrons. The Kier molecular flexibility index (Phi) is 9.27. The van der Waals surface area contributed by atoms with Gasteiger partial charge in [-0.1, -0.05) is 53.8 Å². The van der Waals surface area contributed by atoms with Gasteiger partial charge in [0.25, 0.3) is 5.56 Å². The Morgan fingerprint density at radius 1 is 0.896 bits per heavy atom. The van der Waals surface area contributed by atoms with Crippen LogP contribution in [0, 0.1) is 13.8 Å². The van der Waals surface area contributed by atoms with Crippen molar-refractivity contribution in [3.63, 3.8) is 0 Å². The third-order valence-corrected chi connectivity index (χ3v) is 9.16. The molecular formula is C38H35N3O6S. The Morgan fingerprint density at radius 2 is 1.60 bits per heavy atom. The van der Waals surface area contributed by atoms with Crippen molar-refractivity contribution in [3.8, 4) is 11.4 Å². The first kappa shape index (κ1) is 32.5. The molecule has 0 amide bonds. The molecule has 0 saturated heterocycles. The zero-order chi connectivity index (χ0) is 33.9. The first-order valence-electron chi connectivity index (χ1n) is 15.6. The Hall–Kier alpha value is -5.48. The van der Waals surface area contributed by atoms with Crippen molar-refractivity contribution < 1.29 is 23.8 Å². The molecule has 10 heteroatoms. The number of hydrogen-bond acceptors (Lipinski definition) is 8. The Balaban J connectivity index is 1.53. The molecule has 1 atom stereocenters. The quantitative estimate of drug-likeness (QED) is 0.193. The fourth-order valence-corrected chi connectivity index (χ4v) is 6.99. The van der Waals surface area contributed by atoms with E-state index in [0.717, 1.165) is 28.2 Å². The molecule has 0 fully saturated rings. The number of nitrogens with zero attached hydrogens (tertiary/aromatic N) is 3. The van der Waals surface area contributed by atoms with Crippen molar-refractivity contribution in [2.75, 3.05) is 20.3 Å². The molecule has 0 bridgehead atoms. The number of ether oxygens (including phenoxy) is 3. The first-order valence-corrected chi connectivity index (χ1v) is 16.5. The minimum Gasteiger partial charge on any atom is -0.497 e. The molecule has 0 N–H and O–H groups in total. The third-order valence-electron chi connectivity index (χ3n) is 8.18. The molecule has 1 aliphatic heterocycles. The predicted octanol–water partition coefficient (Wildman–Crippen LogP) is 5.53. The van der Waals surface area contributed by atoms with Gasteiger partial charge in [-0.15, -0.1) is 0 Å². The van der Waals surface area contributed by atoms with E-state index in [4.69, 9.17) is 19.2 Å². The summed E-state index contributed by atoms with van der Waals surface area (Å²) in [6, 6.07) is 25.3. The first-order chi connectivity index (χ1) is 23.2. The highest BCUT2D eigenvalue weighted by atomic mass is 32.1. The summed E-state index contributed by atoms with van der Waals surface area (Å²) in [4.78, 5) is 45.7. The van der Waals surface area contributed by atoms with Crippen molar-refractivity contribution in [2.45, 2.75) is 33.7 Å². The Morgan fingerprint density at radius 3 is 2.29 bits per heavy atom. The van der Waals surface area contributed by atoms with Crippen LogP contribution in [0.25, 0.3) is 17.5 Å². The van der Waals surface area contributed by atoms with E-state index < -0.39 is 12.0 Å². The number of benzene rings is 3. The molecule has 1 aliphatic rings. The summed E-state index contributed by atoms with van der Waals surface area (Å²) in [5.74, 6) is -0.312. The van der Waals surface area contributed by atoms with E-state index in [2.05, 4.69) is 4.57 Å². The largest absolute Gasteiger partial charge is 0.497 e. The van der Waals surface area contributed by atoms with Crippen LogP contribution in [0.5, 0.6) is 5.75 Å². The lowest BCUT2D eigenvalue weighted by Crippen LogP contribution is -2.40. The highest BCUT2D eigenvalue weighted by molar-refractivity contribution is 7.07. The van der Waals surface area contributed by atoms with E-state index in [1.165, 1.54) is 11.3 Å². The molecule has 0 radical (unpaired) electrons. The van der Waals surface area contributed by atoms with Gasteiger partial charge in [0.15, 0.2) is 4.80 Å². The summed E-state index contributed by atoms with van der Waals surface area (Å²) < 4.78 is 20.3. The van der Waals surface area contributed by atoms with Gasteiger partial charge in [-0.05, 0) is 87.4 Å². The van der Waals surface area contributed by atoms with Crippen molar-refractivity contribution >= 4 is 35.0 Å². The minimum atomic E-state index is -0.807. The SMILES string of the molecule is CCOC(=O)C1=C(c2ccccc2)N=c2s/c(=C\c3cc(C)n(-c4ccc(C(=O)OCC)cc4)c3C)c(=O)n2[C@H]1c1cccc(OC)c1. The van der Waals surface area contributed by atoms with E-state index in [1.54, 1.807) is 37.7 Å². The average molecular weight is 662 g/mol. The zero-order valence-electron chi connectivity index (χ0n) is 27.4. The van der Waals surface area contributed by atoms with Gasteiger partial charge >= 0.3 is 11.9 Å². The van der Waals surface area contributed by atoms with Crippen molar-refractivity contribution in [2.24, 2.45) is 4.99 Å². The zero-order valence-corrected chi connectivity index (χ0v) is 28.2. The number of thiazole rings is 1. The van der Waals surface area contributed by atoms with Crippen LogP contribution in [0.4, 0.5) is 0 Å². The molecular weight excluding hydrogens is 627 g/mol. The van der Waals surface area contributed by atoms with E-state index >= 15 is 0 Å². The van der Waals surface area contributed by atoms with Crippen LogP contribution in [0.15, 0.2) is 100 Å². The summed E-state index contributed by atoms with van der Waals surface area (Å²) in [7, 11) is 1.58. The normalized spacial score (nSPS) is 14.4. The predicted molar refractivity (Wildman–Crippen MR) is 185 cm³/mol. The number of fused-ring (bicyclic) bond motifs is 1. The van der Waals surface area contributed by atoms with E-state index in [0.29, 0.717) is 38.5 Å². The fraction of sp³-hybridized carbons (Fsp3) is 0.211. The van der Waals surface area contributed by atoms with E-state index in [-0.39, 0.29) is 23.7 Å². The van der Waals surface area contributed by atoms with Gasteiger partial charge in [-0.3, -0.25) is 9.36 Å². The monoisotopic (exact) mass is 661 g/mol. The van der Waals surface area contributed by atoms with Crippen LogP contribution in [0.2, 0.25) is 0 Å².